The summed E-state index contributed by atoms with van der Waals surface area (Å²) in [6.45, 7) is 2.11. The van der Waals surface area contributed by atoms with E-state index in [-0.39, 0.29) is 0 Å². The van der Waals surface area contributed by atoms with Crippen LogP contribution < -0.4 is 19.5 Å². The average molecular weight is 285 g/mol. The van der Waals surface area contributed by atoms with Crippen molar-refractivity contribution < 1.29 is 14.2 Å². The average Bonchev–Trinajstić information content (AvgIpc) is 3.00. The molecule has 0 saturated carbocycles. The van der Waals surface area contributed by atoms with Crippen molar-refractivity contribution in [2.24, 2.45) is 0 Å². The highest BCUT2D eigenvalue weighted by Gasteiger charge is 2.12. The van der Waals surface area contributed by atoms with E-state index in [9.17, 15) is 0 Å². The molecule has 1 aliphatic heterocycles. The van der Waals surface area contributed by atoms with E-state index in [2.05, 4.69) is 29.6 Å². The molecule has 0 bridgehead atoms. The molecule has 0 spiro atoms. The smallest absolute Gasteiger partial charge is 0.231 e. The maximum atomic E-state index is 5.38. The Morgan fingerprint density at radius 2 is 1.76 bits per heavy atom. The lowest BCUT2D eigenvalue weighted by atomic mass is 10.1. The van der Waals surface area contributed by atoms with E-state index in [0.717, 1.165) is 36.8 Å². The maximum absolute atomic E-state index is 5.38. The van der Waals surface area contributed by atoms with Gasteiger partial charge in [0, 0.05) is 6.54 Å². The van der Waals surface area contributed by atoms with Crippen LogP contribution in [-0.2, 0) is 13.0 Å². The first-order valence-corrected chi connectivity index (χ1v) is 7.07. The first-order chi connectivity index (χ1) is 10.3. The van der Waals surface area contributed by atoms with Crippen LogP contribution in [0.4, 0.5) is 0 Å². The van der Waals surface area contributed by atoms with E-state index in [0.29, 0.717) is 6.79 Å². The van der Waals surface area contributed by atoms with Crippen LogP contribution in [0, 0.1) is 0 Å². The fraction of sp³-hybridized carbons (Fsp3) is 0.294. The molecule has 0 fully saturated rings. The molecule has 2 aromatic carbocycles. The Kier molecular flexibility index (Phi) is 4.26. The van der Waals surface area contributed by atoms with Crippen LogP contribution in [0.15, 0.2) is 42.5 Å². The first kappa shape index (κ1) is 13.8. The summed E-state index contributed by atoms with van der Waals surface area (Å²) in [7, 11) is 1.68. The molecule has 3 rings (SSSR count). The van der Waals surface area contributed by atoms with Crippen LogP contribution in [0.3, 0.4) is 0 Å². The van der Waals surface area contributed by atoms with Crippen LogP contribution >= 0.6 is 0 Å². The Balaban J connectivity index is 1.45. The summed E-state index contributed by atoms with van der Waals surface area (Å²) in [6, 6.07) is 14.2. The summed E-state index contributed by atoms with van der Waals surface area (Å²) in [5, 5.41) is 3.44. The fourth-order valence-corrected chi connectivity index (χ4v) is 2.31. The van der Waals surface area contributed by atoms with Gasteiger partial charge in [-0.25, -0.2) is 0 Å². The topological polar surface area (TPSA) is 39.7 Å². The number of hydrogen-bond donors (Lipinski definition) is 1. The predicted octanol–water partition coefficient (Wildman–Crippen LogP) is 2.76. The molecule has 0 unspecified atom stereocenters. The number of hydrogen-bond acceptors (Lipinski definition) is 4. The second kappa shape index (κ2) is 6.50. The second-order valence-electron chi connectivity index (χ2n) is 4.96. The molecule has 110 valence electrons. The molecule has 4 nitrogen and oxygen atoms in total. The predicted molar refractivity (Wildman–Crippen MR) is 81.0 cm³/mol. The van der Waals surface area contributed by atoms with Crippen molar-refractivity contribution in [1.82, 2.24) is 5.32 Å². The van der Waals surface area contributed by atoms with Crippen LogP contribution in [0.5, 0.6) is 17.2 Å². The molecule has 0 aromatic heterocycles. The molecule has 2 aromatic rings. The van der Waals surface area contributed by atoms with Crippen molar-refractivity contribution in [1.29, 1.82) is 0 Å². The molecule has 0 aliphatic carbocycles. The molecule has 1 aliphatic rings. The highest BCUT2D eigenvalue weighted by Crippen LogP contribution is 2.32. The molecule has 1 N–H and O–H groups in total. The molecule has 0 radical (unpaired) electrons. The Labute approximate surface area is 124 Å². The number of methoxy groups -OCH3 is 1. The number of rotatable bonds is 6. The second-order valence-corrected chi connectivity index (χ2v) is 4.96. The van der Waals surface area contributed by atoms with Gasteiger partial charge < -0.3 is 19.5 Å². The van der Waals surface area contributed by atoms with E-state index < -0.39 is 0 Å². The zero-order valence-electron chi connectivity index (χ0n) is 12.1. The zero-order chi connectivity index (χ0) is 14.5. The number of fused-ring (bicyclic) bond motifs is 1. The molecule has 0 amide bonds. The summed E-state index contributed by atoms with van der Waals surface area (Å²) in [5.74, 6) is 2.58. The quantitative estimate of drug-likeness (QED) is 0.828. The van der Waals surface area contributed by atoms with Gasteiger partial charge in [-0.3, -0.25) is 0 Å². The van der Waals surface area contributed by atoms with Gasteiger partial charge in [0.2, 0.25) is 6.79 Å². The van der Waals surface area contributed by atoms with Gasteiger partial charge in [0.15, 0.2) is 11.5 Å². The molecular formula is C17H19NO3. The van der Waals surface area contributed by atoms with Crippen molar-refractivity contribution in [3.63, 3.8) is 0 Å². The van der Waals surface area contributed by atoms with Crippen molar-refractivity contribution in [2.45, 2.75) is 13.0 Å². The number of ether oxygens (including phenoxy) is 3. The van der Waals surface area contributed by atoms with Crippen molar-refractivity contribution in [3.05, 3.63) is 53.6 Å². The number of benzene rings is 2. The zero-order valence-corrected chi connectivity index (χ0v) is 12.1. The highest BCUT2D eigenvalue weighted by molar-refractivity contribution is 5.44. The summed E-state index contributed by atoms with van der Waals surface area (Å²) in [5.41, 5.74) is 2.50. The van der Waals surface area contributed by atoms with Crippen LogP contribution in [-0.4, -0.2) is 20.4 Å². The summed E-state index contributed by atoms with van der Waals surface area (Å²) in [6.07, 6.45) is 0.965. The van der Waals surface area contributed by atoms with E-state index in [1.165, 1.54) is 11.1 Å². The number of nitrogens with one attached hydrogen (secondary N) is 1. The van der Waals surface area contributed by atoms with Crippen LogP contribution in [0.25, 0.3) is 0 Å². The summed E-state index contributed by atoms with van der Waals surface area (Å²) in [4.78, 5) is 0. The van der Waals surface area contributed by atoms with E-state index in [1.54, 1.807) is 7.11 Å². The van der Waals surface area contributed by atoms with Gasteiger partial charge in [0.1, 0.15) is 5.75 Å². The normalized spacial score (nSPS) is 12.4. The lowest BCUT2D eigenvalue weighted by Crippen LogP contribution is -2.16. The van der Waals surface area contributed by atoms with Gasteiger partial charge in [0.05, 0.1) is 7.11 Å². The van der Waals surface area contributed by atoms with Crippen molar-refractivity contribution in [3.8, 4) is 17.2 Å². The van der Waals surface area contributed by atoms with Gasteiger partial charge in [-0.1, -0.05) is 18.2 Å². The lowest BCUT2D eigenvalue weighted by molar-refractivity contribution is 0.174. The van der Waals surface area contributed by atoms with Gasteiger partial charge in [0.25, 0.3) is 0 Å². The van der Waals surface area contributed by atoms with Gasteiger partial charge in [-0.05, 0) is 48.4 Å². The van der Waals surface area contributed by atoms with E-state index >= 15 is 0 Å². The Hall–Kier alpha value is -2.20. The third kappa shape index (κ3) is 3.47. The minimum Gasteiger partial charge on any atom is -0.497 e. The Morgan fingerprint density at radius 1 is 1.00 bits per heavy atom. The van der Waals surface area contributed by atoms with E-state index in [4.69, 9.17) is 14.2 Å². The molecule has 0 saturated heterocycles. The van der Waals surface area contributed by atoms with Crippen LogP contribution in [0.1, 0.15) is 11.1 Å². The monoisotopic (exact) mass is 285 g/mol. The molecule has 4 heteroatoms. The highest BCUT2D eigenvalue weighted by atomic mass is 16.7. The summed E-state index contributed by atoms with van der Waals surface area (Å²) >= 11 is 0. The SMILES string of the molecule is COc1ccc(CNCCc2ccc3c(c2)OCO3)cc1. The van der Waals surface area contributed by atoms with Gasteiger partial charge >= 0.3 is 0 Å². The third-order valence-corrected chi connectivity index (χ3v) is 3.52. The van der Waals surface area contributed by atoms with Crippen molar-refractivity contribution >= 4 is 0 Å². The fourth-order valence-electron chi connectivity index (χ4n) is 2.31. The third-order valence-electron chi connectivity index (χ3n) is 3.52. The van der Waals surface area contributed by atoms with E-state index in [1.807, 2.05) is 18.2 Å². The van der Waals surface area contributed by atoms with Gasteiger partial charge in [-0.15, -0.1) is 0 Å². The molecule has 1 heterocycles. The molecule has 0 atom stereocenters. The standard InChI is InChI=1S/C17H19NO3/c1-19-15-5-2-14(3-6-15)11-18-9-8-13-4-7-16-17(10-13)21-12-20-16/h2-7,10,18H,8-9,11-12H2,1H3. The molecular weight excluding hydrogens is 266 g/mol. The Morgan fingerprint density at radius 3 is 2.57 bits per heavy atom. The Bertz CT molecular complexity index is 595. The maximum Gasteiger partial charge on any atom is 0.231 e. The lowest BCUT2D eigenvalue weighted by Gasteiger charge is -2.07. The van der Waals surface area contributed by atoms with Gasteiger partial charge in [-0.2, -0.15) is 0 Å². The minimum atomic E-state index is 0.328. The molecule has 21 heavy (non-hydrogen) atoms. The minimum absolute atomic E-state index is 0.328. The first-order valence-electron chi connectivity index (χ1n) is 7.07. The largest absolute Gasteiger partial charge is 0.497 e. The van der Waals surface area contributed by atoms with Crippen LogP contribution in [0.2, 0.25) is 0 Å². The summed E-state index contributed by atoms with van der Waals surface area (Å²) < 4.78 is 15.8. The van der Waals surface area contributed by atoms with Crippen molar-refractivity contribution in [2.75, 3.05) is 20.4 Å².